The molecule has 0 aliphatic heterocycles. The van der Waals surface area contributed by atoms with Gasteiger partial charge in [0.2, 0.25) is 0 Å². The van der Waals surface area contributed by atoms with Crippen LogP contribution in [0.5, 0.6) is 17.2 Å². The summed E-state index contributed by atoms with van der Waals surface area (Å²) in [4.78, 5) is 0. The Morgan fingerprint density at radius 1 is 1.00 bits per heavy atom. The zero-order valence-corrected chi connectivity index (χ0v) is 12.5. The molecule has 0 bridgehead atoms. The number of nitrogens with one attached hydrogen (secondary N) is 1. The molecule has 4 heteroatoms. The Kier molecular flexibility index (Phi) is 4.70. The quantitative estimate of drug-likeness (QED) is 0.736. The molecule has 0 spiro atoms. The van der Waals surface area contributed by atoms with E-state index in [9.17, 15) is 10.2 Å². The van der Waals surface area contributed by atoms with Crippen LogP contribution < -0.4 is 10.1 Å². The Labute approximate surface area is 125 Å². The summed E-state index contributed by atoms with van der Waals surface area (Å²) >= 11 is 0. The fourth-order valence-electron chi connectivity index (χ4n) is 2.36. The van der Waals surface area contributed by atoms with Crippen molar-refractivity contribution in [2.24, 2.45) is 0 Å². The van der Waals surface area contributed by atoms with Crippen molar-refractivity contribution in [3.8, 4) is 17.2 Å². The Bertz CT molecular complexity index is 613. The summed E-state index contributed by atoms with van der Waals surface area (Å²) in [6.45, 7) is 4.00. The second-order valence-corrected chi connectivity index (χ2v) is 5.13. The van der Waals surface area contributed by atoms with Crippen molar-refractivity contribution in [1.82, 2.24) is 5.32 Å². The number of phenolic OH excluding ortho intramolecular Hbond substituents is 2. The van der Waals surface area contributed by atoms with E-state index < -0.39 is 0 Å². The minimum Gasteiger partial charge on any atom is -0.508 e. The van der Waals surface area contributed by atoms with Gasteiger partial charge in [-0.15, -0.1) is 0 Å². The number of aromatic hydroxyl groups is 2. The average molecular weight is 287 g/mol. The van der Waals surface area contributed by atoms with E-state index in [4.69, 9.17) is 4.74 Å². The lowest BCUT2D eigenvalue weighted by Crippen LogP contribution is -2.22. The largest absolute Gasteiger partial charge is 0.508 e. The maximum Gasteiger partial charge on any atom is 0.120 e. The van der Waals surface area contributed by atoms with Crippen LogP contribution in [0, 0.1) is 0 Å². The van der Waals surface area contributed by atoms with Crippen LogP contribution in [0.15, 0.2) is 42.5 Å². The maximum absolute atomic E-state index is 9.90. The standard InChI is InChI=1S/C17H21NO3/c1-11(13-5-4-6-15(9-13)21-3)18-12(2)16-10-14(19)7-8-17(16)20/h4-12,18-20H,1-3H3/t11-,12?/m1/s1. The van der Waals surface area contributed by atoms with Gasteiger partial charge in [0.05, 0.1) is 7.11 Å². The lowest BCUT2D eigenvalue weighted by Gasteiger charge is -2.22. The van der Waals surface area contributed by atoms with Crippen molar-refractivity contribution in [2.75, 3.05) is 7.11 Å². The highest BCUT2D eigenvalue weighted by atomic mass is 16.5. The van der Waals surface area contributed by atoms with Gasteiger partial charge in [-0.3, -0.25) is 0 Å². The van der Waals surface area contributed by atoms with E-state index in [1.807, 2.05) is 38.1 Å². The van der Waals surface area contributed by atoms with Gasteiger partial charge in [0.25, 0.3) is 0 Å². The highest BCUT2D eigenvalue weighted by molar-refractivity contribution is 5.40. The van der Waals surface area contributed by atoms with E-state index in [1.54, 1.807) is 13.2 Å². The van der Waals surface area contributed by atoms with Crippen molar-refractivity contribution < 1.29 is 14.9 Å². The molecule has 0 aliphatic rings. The topological polar surface area (TPSA) is 61.7 Å². The van der Waals surface area contributed by atoms with Gasteiger partial charge < -0.3 is 20.3 Å². The lowest BCUT2D eigenvalue weighted by atomic mass is 10.0. The Balaban J connectivity index is 2.14. The first-order valence-corrected chi connectivity index (χ1v) is 6.93. The number of methoxy groups -OCH3 is 1. The molecule has 4 nitrogen and oxygen atoms in total. The van der Waals surface area contributed by atoms with Crippen LogP contribution in [-0.2, 0) is 0 Å². The van der Waals surface area contributed by atoms with Gasteiger partial charge in [-0.1, -0.05) is 12.1 Å². The lowest BCUT2D eigenvalue weighted by molar-refractivity contribution is 0.411. The summed E-state index contributed by atoms with van der Waals surface area (Å²) in [6.07, 6.45) is 0. The van der Waals surface area contributed by atoms with Crippen molar-refractivity contribution >= 4 is 0 Å². The Morgan fingerprint density at radius 3 is 2.48 bits per heavy atom. The van der Waals surface area contributed by atoms with E-state index in [2.05, 4.69) is 5.32 Å². The minimum absolute atomic E-state index is 0.0804. The summed E-state index contributed by atoms with van der Waals surface area (Å²) < 4.78 is 5.23. The zero-order valence-electron chi connectivity index (χ0n) is 12.5. The van der Waals surface area contributed by atoms with E-state index in [0.717, 1.165) is 11.3 Å². The van der Waals surface area contributed by atoms with Gasteiger partial charge in [0.1, 0.15) is 17.2 Å². The maximum atomic E-state index is 9.90. The van der Waals surface area contributed by atoms with Gasteiger partial charge in [-0.25, -0.2) is 0 Å². The normalized spacial score (nSPS) is 13.7. The van der Waals surface area contributed by atoms with E-state index in [0.29, 0.717) is 5.56 Å². The molecule has 0 heterocycles. The zero-order chi connectivity index (χ0) is 15.4. The van der Waals surface area contributed by atoms with Crippen molar-refractivity contribution in [3.63, 3.8) is 0 Å². The van der Waals surface area contributed by atoms with E-state index in [1.165, 1.54) is 12.1 Å². The Hall–Kier alpha value is -2.20. The highest BCUT2D eigenvalue weighted by Gasteiger charge is 2.15. The molecule has 0 amide bonds. The van der Waals surface area contributed by atoms with E-state index in [-0.39, 0.29) is 23.6 Å². The van der Waals surface area contributed by atoms with Crippen LogP contribution in [0.1, 0.15) is 37.1 Å². The molecule has 2 aromatic carbocycles. The molecular formula is C17H21NO3. The van der Waals surface area contributed by atoms with Gasteiger partial charge in [-0.05, 0) is 49.7 Å². The number of rotatable bonds is 5. The van der Waals surface area contributed by atoms with Crippen molar-refractivity contribution in [3.05, 3.63) is 53.6 Å². The van der Waals surface area contributed by atoms with Crippen LogP contribution in [-0.4, -0.2) is 17.3 Å². The third kappa shape index (κ3) is 3.67. The molecular weight excluding hydrogens is 266 g/mol. The van der Waals surface area contributed by atoms with Crippen LogP contribution in [0.2, 0.25) is 0 Å². The molecule has 2 aromatic rings. The van der Waals surface area contributed by atoms with Gasteiger partial charge in [0.15, 0.2) is 0 Å². The molecule has 2 rings (SSSR count). The molecule has 21 heavy (non-hydrogen) atoms. The molecule has 2 atom stereocenters. The van der Waals surface area contributed by atoms with Crippen LogP contribution in [0.3, 0.4) is 0 Å². The van der Waals surface area contributed by atoms with Gasteiger partial charge in [0, 0.05) is 17.6 Å². The molecule has 0 aliphatic carbocycles. The van der Waals surface area contributed by atoms with Crippen LogP contribution in [0.4, 0.5) is 0 Å². The molecule has 112 valence electrons. The van der Waals surface area contributed by atoms with Crippen LogP contribution >= 0.6 is 0 Å². The molecule has 1 unspecified atom stereocenters. The van der Waals surface area contributed by atoms with Gasteiger partial charge in [-0.2, -0.15) is 0 Å². The van der Waals surface area contributed by atoms with E-state index >= 15 is 0 Å². The molecule has 0 saturated heterocycles. The second kappa shape index (κ2) is 6.50. The first-order chi connectivity index (χ1) is 10.0. The third-order valence-electron chi connectivity index (χ3n) is 3.57. The minimum atomic E-state index is -0.0988. The second-order valence-electron chi connectivity index (χ2n) is 5.13. The number of benzene rings is 2. The molecule has 0 radical (unpaired) electrons. The summed E-state index contributed by atoms with van der Waals surface area (Å²) in [5.41, 5.74) is 1.77. The molecule has 0 saturated carbocycles. The molecule has 0 aromatic heterocycles. The third-order valence-corrected chi connectivity index (χ3v) is 3.57. The fourth-order valence-corrected chi connectivity index (χ4v) is 2.36. The predicted octanol–water partition coefficient (Wildman–Crippen LogP) is 3.52. The first-order valence-electron chi connectivity index (χ1n) is 6.93. The van der Waals surface area contributed by atoms with Gasteiger partial charge >= 0.3 is 0 Å². The summed E-state index contributed by atoms with van der Waals surface area (Å²) in [5, 5.41) is 22.9. The predicted molar refractivity (Wildman–Crippen MR) is 82.7 cm³/mol. The Morgan fingerprint density at radius 2 is 1.76 bits per heavy atom. The number of phenols is 2. The number of hydrogen-bond donors (Lipinski definition) is 3. The SMILES string of the molecule is COc1cccc([C@@H](C)NC(C)c2cc(O)ccc2O)c1. The summed E-state index contributed by atoms with van der Waals surface area (Å²) in [7, 11) is 1.64. The average Bonchev–Trinajstić information content (AvgIpc) is 2.49. The summed E-state index contributed by atoms with van der Waals surface area (Å²) in [5.74, 6) is 1.13. The number of hydrogen-bond acceptors (Lipinski definition) is 4. The summed E-state index contributed by atoms with van der Waals surface area (Å²) in [6, 6.07) is 12.4. The molecule has 0 fully saturated rings. The monoisotopic (exact) mass is 287 g/mol. The fraction of sp³-hybridized carbons (Fsp3) is 0.294. The highest BCUT2D eigenvalue weighted by Crippen LogP contribution is 2.29. The first kappa shape index (κ1) is 15.2. The van der Waals surface area contributed by atoms with Crippen LogP contribution in [0.25, 0.3) is 0 Å². The molecule has 3 N–H and O–H groups in total. The van der Waals surface area contributed by atoms with Crippen molar-refractivity contribution in [2.45, 2.75) is 25.9 Å². The number of ether oxygens (including phenoxy) is 1. The van der Waals surface area contributed by atoms with Crippen molar-refractivity contribution in [1.29, 1.82) is 0 Å². The smallest absolute Gasteiger partial charge is 0.120 e.